The Kier molecular flexibility index (Phi) is 7.91. The smallest absolute Gasteiger partial charge is 0.250 e. The van der Waals surface area contributed by atoms with Crippen molar-refractivity contribution in [1.29, 1.82) is 0 Å². The number of hydrazone groups is 1. The standard InChI is InChI=1S/C26H22ClN5OS/c1-19(16-20-8-4-2-5-9-20)17-28-29-24(33)18-34-26-31-30-25(21-10-6-3-7-11-21)32(26)23-14-12-22(27)13-15-23/h2-17H,18H2,1H3,(H,29,33). The normalized spacial score (nSPS) is 11.6. The Morgan fingerprint density at radius 3 is 2.38 bits per heavy atom. The van der Waals surface area contributed by atoms with E-state index in [1.165, 1.54) is 11.8 Å². The first-order valence-corrected chi connectivity index (χ1v) is 11.9. The van der Waals surface area contributed by atoms with E-state index in [0.29, 0.717) is 16.0 Å². The molecule has 0 saturated heterocycles. The highest BCUT2D eigenvalue weighted by molar-refractivity contribution is 7.99. The molecule has 0 aliphatic heterocycles. The first-order valence-electron chi connectivity index (χ1n) is 10.5. The van der Waals surface area contributed by atoms with Crippen LogP contribution < -0.4 is 5.43 Å². The summed E-state index contributed by atoms with van der Waals surface area (Å²) in [6.45, 7) is 1.93. The van der Waals surface area contributed by atoms with Crippen molar-refractivity contribution in [3.05, 3.63) is 101 Å². The lowest BCUT2D eigenvalue weighted by Gasteiger charge is -2.10. The third kappa shape index (κ3) is 6.21. The fourth-order valence-corrected chi connectivity index (χ4v) is 4.05. The van der Waals surface area contributed by atoms with Gasteiger partial charge in [-0.25, -0.2) is 5.43 Å². The minimum atomic E-state index is -0.235. The minimum Gasteiger partial charge on any atom is -0.272 e. The van der Waals surface area contributed by atoms with Gasteiger partial charge in [-0.1, -0.05) is 90.1 Å². The van der Waals surface area contributed by atoms with Gasteiger partial charge in [0.2, 0.25) is 0 Å². The number of hydrogen-bond donors (Lipinski definition) is 1. The molecule has 4 aromatic rings. The number of thioether (sulfide) groups is 1. The lowest BCUT2D eigenvalue weighted by Crippen LogP contribution is -2.20. The van der Waals surface area contributed by atoms with Crippen LogP contribution in [0.15, 0.2) is 101 Å². The van der Waals surface area contributed by atoms with Crippen LogP contribution >= 0.6 is 23.4 Å². The van der Waals surface area contributed by atoms with Crippen molar-refractivity contribution in [3.8, 4) is 17.1 Å². The quantitative estimate of drug-likeness (QED) is 0.191. The number of carbonyl (C=O) groups excluding carboxylic acids is 1. The Balaban J connectivity index is 1.45. The number of hydrogen-bond acceptors (Lipinski definition) is 5. The molecule has 0 aliphatic carbocycles. The second-order valence-electron chi connectivity index (χ2n) is 7.36. The van der Waals surface area contributed by atoms with Crippen molar-refractivity contribution in [2.45, 2.75) is 12.1 Å². The second-order valence-corrected chi connectivity index (χ2v) is 8.74. The molecule has 0 bridgehead atoms. The van der Waals surface area contributed by atoms with Crippen molar-refractivity contribution in [3.63, 3.8) is 0 Å². The van der Waals surface area contributed by atoms with Gasteiger partial charge in [-0.15, -0.1) is 10.2 Å². The van der Waals surface area contributed by atoms with Crippen molar-refractivity contribution < 1.29 is 4.79 Å². The van der Waals surface area contributed by atoms with Crippen molar-refractivity contribution in [2.75, 3.05) is 5.75 Å². The molecule has 4 rings (SSSR count). The van der Waals surface area contributed by atoms with Gasteiger partial charge in [0.15, 0.2) is 11.0 Å². The van der Waals surface area contributed by atoms with Gasteiger partial charge in [0, 0.05) is 16.3 Å². The van der Waals surface area contributed by atoms with E-state index in [4.69, 9.17) is 11.6 Å². The van der Waals surface area contributed by atoms with E-state index in [-0.39, 0.29) is 11.7 Å². The maximum atomic E-state index is 12.4. The van der Waals surface area contributed by atoms with Crippen molar-refractivity contribution >= 4 is 41.6 Å². The maximum Gasteiger partial charge on any atom is 0.250 e. The highest BCUT2D eigenvalue weighted by Gasteiger charge is 2.17. The Hall–Kier alpha value is -3.68. The van der Waals surface area contributed by atoms with Crippen LogP contribution in [0.5, 0.6) is 0 Å². The Labute approximate surface area is 207 Å². The topological polar surface area (TPSA) is 72.2 Å². The van der Waals surface area contributed by atoms with Gasteiger partial charge >= 0.3 is 0 Å². The van der Waals surface area contributed by atoms with Crippen LogP contribution in [0.3, 0.4) is 0 Å². The van der Waals surface area contributed by atoms with Gasteiger partial charge < -0.3 is 0 Å². The zero-order valence-corrected chi connectivity index (χ0v) is 20.0. The Morgan fingerprint density at radius 2 is 1.68 bits per heavy atom. The molecule has 0 unspecified atom stereocenters. The van der Waals surface area contributed by atoms with Gasteiger partial charge in [-0.05, 0) is 42.3 Å². The summed E-state index contributed by atoms with van der Waals surface area (Å²) >= 11 is 7.36. The maximum absolute atomic E-state index is 12.4. The van der Waals surface area contributed by atoms with Crippen LogP contribution in [0.4, 0.5) is 0 Å². The molecule has 3 aromatic carbocycles. The van der Waals surface area contributed by atoms with Gasteiger partial charge in [0.1, 0.15) is 0 Å². The summed E-state index contributed by atoms with van der Waals surface area (Å²) in [4.78, 5) is 12.4. The molecule has 6 nitrogen and oxygen atoms in total. The van der Waals surface area contributed by atoms with E-state index in [0.717, 1.165) is 22.4 Å². The van der Waals surface area contributed by atoms with E-state index in [9.17, 15) is 4.79 Å². The minimum absolute atomic E-state index is 0.138. The number of rotatable bonds is 8. The number of nitrogens with zero attached hydrogens (tertiary/aromatic N) is 4. The van der Waals surface area contributed by atoms with Crippen molar-refractivity contribution in [2.24, 2.45) is 5.10 Å². The summed E-state index contributed by atoms with van der Waals surface area (Å²) in [6, 6.07) is 27.1. The lowest BCUT2D eigenvalue weighted by atomic mass is 10.1. The molecule has 0 radical (unpaired) electrons. The molecule has 0 aliphatic rings. The third-order valence-electron chi connectivity index (χ3n) is 4.73. The Morgan fingerprint density at radius 1 is 1.00 bits per heavy atom. The van der Waals surface area contributed by atoms with E-state index in [2.05, 4.69) is 20.7 Å². The predicted molar refractivity (Wildman–Crippen MR) is 139 cm³/mol. The van der Waals surface area contributed by atoms with Gasteiger partial charge in [0.25, 0.3) is 5.91 Å². The number of benzene rings is 3. The molecule has 1 heterocycles. The largest absolute Gasteiger partial charge is 0.272 e. The van der Waals surface area contributed by atoms with Gasteiger partial charge in [0.05, 0.1) is 12.0 Å². The summed E-state index contributed by atoms with van der Waals surface area (Å²) in [5.41, 5.74) is 6.35. The third-order valence-corrected chi connectivity index (χ3v) is 5.91. The fourth-order valence-electron chi connectivity index (χ4n) is 3.18. The first kappa shape index (κ1) is 23.5. The highest BCUT2D eigenvalue weighted by Crippen LogP contribution is 2.28. The molecule has 1 aromatic heterocycles. The van der Waals surface area contributed by atoms with Crippen LogP contribution in [0, 0.1) is 0 Å². The monoisotopic (exact) mass is 487 g/mol. The van der Waals surface area contributed by atoms with Gasteiger partial charge in [-0.3, -0.25) is 9.36 Å². The fraction of sp³-hybridized carbons (Fsp3) is 0.0769. The second kappa shape index (κ2) is 11.4. The molecule has 170 valence electrons. The van der Waals surface area contributed by atoms with E-state index in [1.54, 1.807) is 6.21 Å². The molecule has 1 N–H and O–H groups in total. The summed E-state index contributed by atoms with van der Waals surface area (Å²) in [5, 5.41) is 14.0. The van der Waals surface area contributed by atoms with E-state index >= 15 is 0 Å². The zero-order valence-electron chi connectivity index (χ0n) is 18.4. The average Bonchev–Trinajstić information content (AvgIpc) is 3.28. The van der Waals surface area contributed by atoms with Crippen LogP contribution in [-0.2, 0) is 4.79 Å². The number of halogens is 1. The molecule has 8 heteroatoms. The first-order chi connectivity index (χ1) is 16.6. The molecule has 1 amide bonds. The number of amides is 1. The van der Waals surface area contributed by atoms with Crippen LogP contribution in [0.1, 0.15) is 12.5 Å². The number of aromatic nitrogens is 3. The van der Waals surface area contributed by atoms with Crippen LogP contribution in [-0.4, -0.2) is 32.6 Å². The van der Waals surface area contributed by atoms with E-state index in [1.807, 2.05) is 102 Å². The lowest BCUT2D eigenvalue weighted by molar-refractivity contribution is -0.118. The number of nitrogens with one attached hydrogen (secondary N) is 1. The highest BCUT2D eigenvalue weighted by atomic mass is 35.5. The summed E-state index contributed by atoms with van der Waals surface area (Å²) in [5.74, 6) is 0.588. The molecule has 0 spiro atoms. The number of carbonyl (C=O) groups is 1. The van der Waals surface area contributed by atoms with Crippen LogP contribution in [0.2, 0.25) is 5.02 Å². The summed E-state index contributed by atoms with van der Waals surface area (Å²) < 4.78 is 1.92. The molecule has 0 atom stereocenters. The predicted octanol–water partition coefficient (Wildman–Crippen LogP) is 5.89. The zero-order chi connectivity index (χ0) is 23.8. The summed E-state index contributed by atoms with van der Waals surface area (Å²) in [7, 11) is 0. The summed E-state index contributed by atoms with van der Waals surface area (Å²) in [6.07, 6.45) is 3.61. The molecular weight excluding hydrogens is 466 g/mol. The van der Waals surface area contributed by atoms with E-state index < -0.39 is 0 Å². The molecule has 0 saturated carbocycles. The molecular formula is C26H22ClN5OS. The molecule has 34 heavy (non-hydrogen) atoms. The van der Waals surface area contributed by atoms with Crippen LogP contribution in [0.25, 0.3) is 23.2 Å². The SMILES string of the molecule is CC(C=NNC(=O)CSc1nnc(-c2ccccc2)n1-c1ccc(Cl)cc1)=Cc1ccccc1. The van der Waals surface area contributed by atoms with Gasteiger partial charge in [-0.2, -0.15) is 5.10 Å². The Bertz CT molecular complexity index is 1300. The molecule has 0 fully saturated rings. The average molecular weight is 488 g/mol. The number of allylic oxidation sites excluding steroid dienone is 1. The van der Waals surface area contributed by atoms with Crippen molar-refractivity contribution in [1.82, 2.24) is 20.2 Å².